The smallest absolute Gasteiger partial charge is 0.226 e. The lowest BCUT2D eigenvalue weighted by atomic mass is 9.87. The lowest BCUT2D eigenvalue weighted by Crippen LogP contribution is -2.58. The maximum atomic E-state index is 13.3. The van der Waals surface area contributed by atoms with Crippen molar-refractivity contribution in [2.24, 2.45) is 5.92 Å². The molecule has 1 aliphatic carbocycles. The number of ether oxygens (including phenoxy) is 1. The molecular weight excluding hydrogens is 408 g/mol. The summed E-state index contributed by atoms with van der Waals surface area (Å²) in [7, 11) is 0. The van der Waals surface area contributed by atoms with Gasteiger partial charge in [-0.2, -0.15) is 0 Å². The van der Waals surface area contributed by atoms with E-state index in [0.29, 0.717) is 12.5 Å². The minimum Gasteiger partial charge on any atom is -0.371 e. The fourth-order valence-corrected chi connectivity index (χ4v) is 5.79. The molecule has 1 unspecified atom stereocenters. The number of fused-ring (bicyclic) bond motifs is 1. The number of thiazole rings is 1. The Kier molecular flexibility index (Phi) is 6.20. The molecule has 8 heteroatoms. The lowest BCUT2D eigenvalue weighted by molar-refractivity contribution is -0.159. The van der Waals surface area contributed by atoms with Crippen LogP contribution in [0.5, 0.6) is 0 Å². The minimum absolute atomic E-state index is 0. The standard InChI is InChI=1S/C21H26N4O2S.ClH/c26-20(25-11-12-27-21(14-25)5-9-23-10-6-21)16-1-2-18-17(13-16)24-19(28-18)15-3-7-22-8-4-15;/h3-4,7-8,16,23H,1-2,5-6,9-14H2;1H. The van der Waals surface area contributed by atoms with Crippen LogP contribution in [0.4, 0.5) is 0 Å². The average Bonchev–Trinajstić information content (AvgIpc) is 3.18. The first-order valence-corrected chi connectivity index (χ1v) is 11.1. The number of amides is 1. The van der Waals surface area contributed by atoms with Gasteiger partial charge in [-0.15, -0.1) is 23.7 Å². The Bertz CT molecular complexity index is 848. The number of pyridine rings is 1. The van der Waals surface area contributed by atoms with Crippen LogP contribution in [0.25, 0.3) is 10.6 Å². The van der Waals surface area contributed by atoms with E-state index in [0.717, 1.165) is 74.5 Å². The first-order valence-electron chi connectivity index (χ1n) is 10.2. The van der Waals surface area contributed by atoms with Gasteiger partial charge in [-0.1, -0.05) is 0 Å². The Morgan fingerprint density at radius 3 is 2.86 bits per heavy atom. The molecule has 0 bridgehead atoms. The van der Waals surface area contributed by atoms with E-state index in [9.17, 15) is 4.79 Å². The Labute approximate surface area is 181 Å². The number of morpholine rings is 1. The second-order valence-corrected chi connectivity index (χ2v) is 9.19. The summed E-state index contributed by atoms with van der Waals surface area (Å²) in [5.41, 5.74) is 2.10. The Balaban J connectivity index is 0.00000205. The third-order valence-electron chi connectivity index (χ3n) is 6.29. The molecule has 1 N–H and O–H groups in total. The molecule has 2 aromatic rings. The highest BCUT2D eigenvalue weighted by Gasteiger charge is 2.41. The molecule has 2 saturated heterocycles. The number of nitrogens with zero attached hydrogens (tertiary/aromatic N) is 3. The van der Waals surface area contributed by atoms with E-state index in [1.165, 1.54) is 4.88 Å². The molecule has 1 amide bonds. The third-order valence-corrected chi connectivity index (χ3v) is 7.50. The van der Waals surface area contributed by atoms with Crippen LogP contribution in [0, 0.1) is 5.92 Å². The maximum absolute atomic E-state index is 13.3. The van der Waals surface area contributed by atoms with Crippen LogP contribution in [0.2, 0.25) is 0 Å². The number of carbonyl (C=O) groups is 1. The molecule has 5 rings (SSSR count). The number of aryl methyl sites for hydroxylation is 1. The predicted octanol–water partition coefficient (Wildman–Crippen LogP) is 2.71. The summed E-state index contributed by atoms with van der Waals surface area (Å²) in [6.07, 6.45) is 8.24. The second kappa shape index (κ2) is 8.68. The van der Waals surface area contributed by atoms with E-state index in [1.54, 1.807) is 23.7 Å². The quantitative estimate of drug-likeness (QED) is 0.787. The molecule has 4 heterocycles. The van der Waals surface area contributed by atoms with Crippen molar-refractivity contribution in [1.29, 1.82) is 0 Å². The van der Waals surface area contributed by atoms with E-state index in [-0.39, 0.29) is 23.9 Å². The zero-order chi connectivity index (χ0) is 19.0. The third kappa shape index (κ3) is 4.19. The van der Waals surface area contributed by atoms with Crippen molar-refractivity contribution in [1.82, 2.24) is 20.2 Å². The maximum Gasteiger partial charge on any atom is 0.226 e. The van der Waals surface area contributed by atoms with Gasteiger partial charge in [0.05, 0.1) is 17.9 Å². The van der Waals surface area contributed by atoms with Gasteiger partial charge in [0.1, 0.15) is 5.01 Å². The van der Waals surface area contributed by atoms with Crippen molar-refractivity contribution in [2.45, 2.75) is 37.7 Å². The predicted molar refractivity (Wildman–Crippen MR) is 115 cm³/mol. The Morgan fingerprint density at radius 2 is 2.07 bits per heavy atom. The number of nitrogens with one attached hydrogen (secondary N) is 1. The summed E-state index contributed by atoms with van der Waals surface area (Å²) >= 11 is 1.76. The molecule has 3 aliphatic rings. The van der Waals surface area contributed by atoms with Crippen LogP contribution in [-0.4, -0.2) is 59.2 Å². The molecule has 0 aromatic carbocycles. The molecule has 2 fully saturated rings. The van der Waals surface area contributed by atoms with Crippen LogP contribution in [0.15, 0.2) is 24.5 Å². The highest BCUT2D eigenvalue weighted by atomic mass is 35.5. The normalized spacial score (nSPS) is 23.3. The molecule has 2 aliphatic heterocycles. The number of hydrogen-bond donors (Lipinski definition) is 1. The van der Waals surface area contributed by atoms with Gasteiger partial charge in [0.2, 0.25) is 5.91 Å². The van der Waals surface area contributed by atoms with Crippen molar-refractivity contribution in [3.8, 4) is 10.6 Å². The average molecular weight is 435 g/mol. The Hall–Kier alpha value is -1.54. The van der Waals surface area contributed by atoms with Crippen molar-refractivity contribution in [3.63, 3.8) is 0 Å². The first kappa shape index (κ1) is 20.7. The number of rotatable bonds is 2. The first-order chi connectivity index (χ1) is 13.7. The van der Waals surface area contributed by atoms with Gasteiger partial charge in [-0.25, -0.2) is 4.98 Å². The fourth-order valence-electron chi connectivity index (χ4n) is 4.68. The van der Waals surface area contributed by atoms with E-state index < -0.39 is 0 Å². The number of hydrogen-bond acceptors (Lipinski definition) is 6. The van der Waals surface area contributed by atoms with Crippen LogP contribution < -0.4 is 5.32 Å². The van der Waals surface area contributed by atoms with Crippen LogP contribution in [0.1, 0.15) is 29.8 Å². The minimum atomic E-state index is -0.131. The largest absolute Gasteiger partial charge is 0.371 e. The number of carbonyl (C=O) groups excluding carboxylic acids is 1. The highest BCUT2D eigenvalue weighted by molar-refractivity contribution is 7.15. The molecule has 0 radical (unpaired) electrons. The SMILES string of the molecule is Cl.O=C(C1CCc2sc(-c3ccncc3)nc2C1)N1CCOC2(CCNCC2)C1. The van der Waals surface area contributed by atoms with E-state index in [4.69, 9.17) is 9.72 Å². The molecule has 156 valence electrons. The monoisotopic (exact) mass is 434 g/mol. The zero-order valence-corrected chi connectivity index (χ0v) is 18.1. The molecule has 0 saturated carbocycles. The van der Waals surface area contributed by atoms with Gasteiger partial charge in [0.15, 0.2) is 0 Å². The van der Waals surface area contributed by atoms with Gasteiger partial charge in [-0.3, -0.25) is 9.78 Å². The van der Waals surface area contributed by atoms with Crippen LogP contribution >= 0.6 is 23.7 Å². The second-order valence-electron chi connectivity index (χ2n) is 8.11. The molecule has 2 aromatic heterocycles. The van der Waals surface area contributed by atoms with E-state index in [1.807, 2.05) is 12.1 Å². The lowest BCUT2D eigenvalue weighted by Gasteiger charge is -2.46. The van der Waals surface area contributed by atoms with Crippen LogP contribution in [-0.2, 0) is 22.4 Å². The summed E-state index contributed by atoms with van der Waals surface area (Å²) in [5.74, 6) is 0.349. The molecule has 1 atom stereocenters. The van der Waals surface area contributed by atoms with Gasteiger partial charge < -0.3 is 15.0 Å². The van der Waals surface area contributed by atoms with Crippen LogP contribution in [0.3, 0.4) is 0 Å². The highest BCUT2D eigenvalue weighted by Crippen LogP contribution is 2.36. The number of halogens is 1. The van der Waals surface area contributed by atoms with Gasteiger partial charge in [0, 0.05) is 48.3 Å². The summed E-state index contributed by atoms with van der Waals surface area (Å²) < 4.78 is 6.13. The summed E-state index contributed by atoms with van der Waals surface area (Å²) in [4.78, 5) is 25.7. The summed E-state index contributed by atoms with van der Waals surface area (Å²) in [6, 6.07) is 4.00. The van der Waals surface area contributed by atoms with E-state index in [2.05, 4.69) is 15.2 Å². The van der Waals surface area contributed by atoms with Gasteiger partial charge >= 0.3 is 0 Å². The topological polar surface area (TPSA) is 67.4 Å². The zero-order valence-electron chi connectivity index (χ0n) is 16.4. The molecule has 6 nitrogen and oxygen atoms in total. The van der Waals surface area contributed by atoms with Crippen molar-refractivity contribution < 1.29 is 9.53 Å². The van der Waals surface area contributed by atoms with Crippen molar-refractivity contribution in [2.75, 3.05) is 32.8 Å². The Morgan fingerprint density at radius 1 is 1.28 bits per heavy atom. The number of piperidine rings is 1. The van der Waals surface area contributed by atoms with E-state index >= 15 is 0 Å². The summed E-state index contributed by atoms with van der Waals surface area (Å²) in [5, 5.41) is 4.44. The van der Waals surface area contributed by atoms with Gasteiger partial charge in [0.25, 0.3) is 0 Å². The molecular formula is C21H27ClN4O2S. The summed E-state index contributed by atoms with van der Waals surface area (Å²) in [6.45, 7) is 4.08. The molecule has 29 heavy (non-hydrogen) atoms. The van der Waals surface area contributed by atoms with Crippen molar-refractivity contribution >= 4 is 29.7 Å². The fraction of sp³-hybridized carbons (Fsp3) is 0.571. The molecule has 1 spiro atoms. The van der Waals surface area contributed by atoms with Gasteiger partial charge in [-0.05, 0) is 50.9 Å². The number of aromatic nitrogens is 2. The van der Waals surface area contributed by atoms with Crippen molar-refractivity contribution in [3.05, 3.63) is 35.1 Å².